The van der Waals surface area contributed by atoms with Crippen LogP contribution in [0.2, 0.25) is 0 Å². The molecule has 2 aliphatic heterocycles. The molecule has 3 aromatic heterocycles. The van der Waals surface area contributed by atoms with Crippen molar-refractivity contribution < 1.29 is 18.7 Å². The molecule has 1 aromatic carbocycles. The lowest BCUT2D eigenvalue weighted by molar-refractivity contribution is 0.0949. The van der Waals surface area contributed by atoms with Gasteiger partial charge in [0.2, 0.25) is 5.95 Å². The third kappa shape index (κ3) is 3.86. The van der Waals surface area contributed by atoms with E-state index in [0.717, 1.165) is 26.7 Å². The first kappa shape index (κ1) is 21.0. The molecule has 1 saturated heterocycles. The Labute approximate surface area is 197 Å². The maximum absolute atomic E-state index is 14.1. The van der Waals surface area contributed by atoms with Crippen molar-refractivity contribution in [1.82, 2.24) is 20.3 Å². The highest BCUT2D eigenvalue weighted by molar-refractivity contribution is 7.21. The third-order valence-electron chi connectivity index (χ3n) is 5.78. The van der Waals surface area contributed by atoms with Crippen molar-refractivity contribution in [1.29, 1.82) is 0 Å². The Hall–Kier alpha value is -3.57. The Balaban J connectivity index is 1.33. The summed E-state index contributed by atoms with van der Waals surface area (Å²) in [7, 11) is 0. The quantitative estimate of drug-likeness (QED) is 0.378. The minimum atomic E-state index is -0.701. The normalized spacial score (nSPS) is 20.0. The molecule has 0 unspecified atom stereocenters. The molecule has 6 rings (SSSR count). The lowest BCUT2D eigenvalue weighted by atomic mass is 10.1. The van der Waals surface area contributed by atoms with E-state index in [1.54, 1.807) is 6.07 Å². The molecule has 0 aliphatic carbocycles. The largest absolute Gasteiger partial charge is 0.457 e. The Kier molecular flexibility index (Phi) is 5.15. The summed E-state index contributed by atoms with van der Waals surface area (Å²) in [6, 6.07) is 8.81. The number of thiophene rings is 1. The summed E-state index contributed by atoms with van der Waals surface area (Å²) in [6.07, 6.45) is 0.528. The molecule has 0 radical (unpaired) electrons. The zero-order valence-electron chi connectivity index (χ0n) is 18.2. The lowest BCUT2D eigenvalue weighted by Crippen LogP contribution is -2.34. The maximum atomic E-state index is 14.1. The number of hydrogen-bond donors (Lipinski definition) is 3. The zero-order chi connectivity index (χ0) is 23.2. The number of amides is 1. The van der Waals surface area contributed by atoms with Gasteiger partial charge >= 0.3 is 6.01 Å². The highest BCUT2D eigenvalue weighted by atomic mass is 32.1. The second-order valence-corrected chi connectivity index (χ2v) is 9.40. The number of anilines is 3. The van der Waals surface area contributed by atoms with Gasteiger partial charge in [0.05, 0.1) is 24.4 Å². The topological polar surface area (TPSA) is 110 Å². The van der Waals surface area contributed by atoms with Crippen LogP contribution in [0.5, 0.6) is 6.01 Å². The number of benzene rings is 1. The van der Waals surface area contributed by atoms with Gasteiger partial charge in [-0.05, 0) is 31.2 Å². The first-order valence-corrected chi connectivity index (χ1v) is 11.8. The Morgan fingerprint density at radius 3 is 2.97 bits per heavy atom. The molecule has 174 valence electrons. The average Bonchev–Trinajstić information content (AvgIpc) is 3.42. The molecule has 0 bridgehead atoms. The number of ether oxygens (including phenoxy) is 2. The molecule has 3 N–H and O–H groups in total. The van der Waals surface area contributed by atoms with Crippen LogP contribution in [-0.4, -0.2) is 52.8 Å². The molecule has 2 atom stereocenters. The van der Waals surface area contributed by atoms with Gasteiger partial charge in [-0.15, -0.1) is 11.3 Å². The number of carbonyl (C=O) groups is 1. The standard InChI is InChI=1S/C23H21FN6O3S/c1-11-9-25-20-19-13-2-5-17(27-14(13)3-4-15(19)34-21(20)22(31)26-11)29-18-8-16(24)28-23(30-18)33-12-6-7-32-10-12/h2-5,8,11-12,25H,6-7,9-10H2,1H3,(H,26,31)(H,27,28,29,30)/t11-,12+/m1/s1. The summed E-state index contributed by atoms with van der Waals surface area (Å²) < 4.78 is 26.0. The number of pyridine rings is 1. The van der Waals surface area contributed by atoms with Gasteiger partial charge < -0.3 is 25.4 Å². The SMILES string of the molecule is C[C@@H]1CNc2c(sc3ccc4nc(Nc5cc(F)nc(O[C@H]6CCOC6)n5)ccc4c23)C(=O)N1. The van der Waals surface area contributed by atoms with Crippen molar-refractivity contribution in [2.45, 2.75) is 25.5 Å². The van der Waals surface area contributed by atoms with Gasteiger partial charge in [0.1, 0.15) is 22.6 Å². The minimum absolute atomic E-state index is 0.0365. The first-order valence-electron chi connectivity index (χ1n) is 11.0. The smallest absolute Gasteiger partial charge is 0.321 e. The van der Waals surface area contributed by atoms with Gasteiger partial charge in [-0.2, -0.15) is 14.4 Å². The molecule has 0 saturated carbocycles. The van der Waals surface area contributed by atoms with Crippen LogP contribution in [0, 0.1) is 5.95 Å². The van der Waals surface area contributed by atoms with Crippen LogP contribution in [0.25, 0.3) is 21.0 Å². The third-order valence-corrected chi connectivity index (χ3v) is 6.94. The molecule has 0 spiro atoms. The number of hydrogen-bond acceptors (Lipinski definition) is 9. The van der Waals surface area contributed by atoms with E-state index in [0.29, 0.717) is 36.9 Å². The molecular formula is C23H21FN6O3S. The van der Waals surface area contributed by atoms with Gasteiger partial charge in [-0.1, -0.05) is 0 Å². The molecule has 34 heavy (non-hydrogen) atoms. The van der Waals surface area contributed by atoms with Crippen molar-refractivity contribution in [3.8, 4) is 6.01 Å². The van der Waals surface area contributed by atoms with Crippen molar-refractivity contribution in [3.05, 3.63) is 41.2 Å². The predicted octanol–water partition coefficient (Wildman–Crippen LogP) is 3.83. The van der Waals surface area contributed by atoms with Crippen LogP contribution in [0.15, 0.2) is 30.3 Å². The molecule has 2 aliphatic rings. The van der Waals surface area contributed by atoms with Crippen LogP contribution >= 0.6 is 11.3 Å². The van der Waals surface area contributed by atoms with Crippen molar-refractivity contribution >= 4 is 55.6 Å². The van der Waals surface area contributed by atoms with E-state index in [-0.39, 0.29) is 29.9 Å². The summed E-state index contributed by atoms with van der Waals surface area (Å²) in [6.45, 7) is 3.65. The van der Waals surface area contributed by atoms with Crippen LogP contribution in [0.1, 0.15) is 23.0 Å². The predicted molar refractivity (Wildman–Crippen MR) is 128 cm³/mol. The van der Waals surface area contributed by atoms with Gasteiger partial charge in [-0.3, -0.25) is 4.79 Å². The maximum Gasteiger partial charge on any atom is 0.321 e. The first-order chi connectivity index (χ1) is 16.5. The minimum Gasteiger partial charge on any atom is -0.457 e. The summed E-state index contributed by atoms with van der Waals surface area (Å²) in [4.78, 5) is 26.0. The highest BCUT2D eigenvalue weighted by Gasteiger charge is 2.25. The molecule has 5 heterocycles. The Morgan fingerprint density at radius 1 is 1.21 bits per heavy atom. The number of halogens is 1. The van der Waals surface area contributed by atoms with Crippen LogP contribution in [0.3, 0.4) is 0 Å². The molecule has 9 nitrogen and oxygen atoms in total. The zero-order valence-corrected chi connectivity index (χ0v) is 19.0. The van der Waals surface area contributed by atoms with Gasteiger partial charge in [0.25, 0.3) is 5.91 Å². The van der Waals surface area contributed by atoms with E-state index >= 15 is 0 Å². The Morgan fingerprint density at radius 2 is 2.12 bits per heavy atom. The van der Waals surface area contributed by atoms with E-state index in [9.17, 15) is 9.18 Å². The molecule has 4 aromatic rings. The van der Waals surface area contributed by atoms with Crippen LogP contribution in [-0.2, 0) is 4.74 Å². The fraction of sp³-hybridized carbons (Fsp3) is 0.304. The molecule has 11 heteroatoms. The second kappa shape index (κ2) is 8.33. The van der Waals surface area contributed by atoms with Crippen molar-refractivity contribution in [2.75, 3.05) is 30.4 Å². The molecule has 1 fully saturated rings. The average molecular weight is 481 g/mol. The van der Waals surface area contributed by atoms with Crippen LogP contribution < -0.4 is 20.7 Å². The van der Waals surface area contributed by atoms with E-state index in [2.05, 4.69) is 25.9 Å². The number of nitrogens with zero attached hydrogens (tertiary/aromatic N) is 3. The monoisotopic (exact) mass is 480 g/mol. The summed E-state index contributed by atoms with van der Waals surface area (Å²) in [5.41, 5.74) is 1.58. The fourth-order valence-corrected chi connectivity index (χ4v) is 5.29. The lowest BCUT2D eigenvalue weighted by Gasteiger charge is -2.12. The molecule has 1 amide bonds. The van der Waals surface area contributed by atoms with Gasteiger partial charge in [-0.25, -0.2) is 4.98 Å². The number of carbonyl (C=O) groups excluding carboxylic acids is 1. The number of rotatable bonds is 4. The van der Waals surface area contributed by atoms with E-state index in [1.807, 2.05) is 25.1 Å². The Bertz CT molecular complexity index is 1420. The van der Waals surface area contributed by atoms with Crippen molar-refractivity contribution in [2.24, 2.45) is 0 Å². The number of nitrogens with one attached hydrogen (secondary N) is 3. The second-order valence-electron chi connectivity index (χ2n) is 8.35. The van der Waals surface area contributed by atoms with E-state index < -0.39 is 5.95 Å². The summed E-state index contributed by atoms with van der Waals surface area (Å²) in [5.74, 6) is -0.0265. The van der Waals surface area contributed by atoms with E-state index in [4.69, 9.17) is 14.5 Å². The highest BCUT2D eigenvalue weighted by Crippen LogP contribution is 2.41. The van der Waals surface area contributed by atoms with Crippen molar-refractivity contribution in [3.63, 3.8) is 0 Å². The number of aromatic nitrogens is 3. The molecular weight excluding hydrogens is 459 g/mol. The number of fused-ring (bicyclic) bond motifs is 5. The van der Waals surface area contributed by atoms with Crippen LogP contribution in [0.4, 0.5) is 21.7 Å². The summed E-state index contributed by atoms with van der Waals surface area (Å²) >= 11 is 1.46. The summed E-state index contributed by atoms with van der Waals surface area (Å²) in [5, 5.41) is 11.4. The van der Waals surface area contributed by atoms with Gasteiger partial charge in [0, 0.05) is 40.5 Å². The fourth-order valence-electron chi connectivity index (χ4n) is 4.19. The van der Waals surface area contributed by atoms with E-state index in [1.165, 1.54) is 17.4 Å². The van der Waals surface area contributed by atoms with Gasteiger partial charge in [0.15, 0.2) is 0 Å².